The molecule has 0 bridgehead atoms. The number of ether oxygens (including phenoxy) is 1. The maximum absolute atomic E-state index is 13.6. The molecule has 0 saturated carbocycles. The molecule has 0 N–H and O–H groups in total. The van der Waals surface area contributed by atoms with Crippen LogP contribution in [-0.4, -0.2) is 0 Å². The van der Waals surface area contributed by atoms with E-state index in [4.69, 9.17) is 10.00 Å². The van der Waals surface area contributed by atoms with Crippen molar-refractivity contribution in [2.45, 2.75) is 6.92 Å². The van der Waals surface area contributed by atoms with Crippen LogP contribution in [0.3, 0.4) is 0 Å². The summed E-state index contributed by atoms with van der Waals surface area (Å²) in [4.78, 5) is 0. The van der Waals surface area contributed by atoms with E-state index in [1.165, 1.54) is 6.07 Å². The Morgan fingerprint density at radius 1 is 1.17 bits per heavy atom. The van der Waals surface area contributed by atoms with Crippen LogP contribution < -0.4 is 4.74 Å². The molecular formula is C14H9BrFNO. The highest BCUT2D eigenvalue weighted by atomic mass is 79.9. The van der Waals surface area contributed by atoms with E-state index < -0.39 is 5.82 Å². The number of halogens is 2. The van der Waals surface area contributed by atoms with Crippen molar-refractivity contribution in [2.75, 3.05) is 0 Å². The van der Waals surface area contributed by atoms with Crippen molar-refractivity contribution in [3.05, 3.63) is 57.8 Å². The zero-order valence-corrected chi connectivity index (χ0v) is 11.2. The third-order valence-corrected chi connectivity index (χ3v) is 2.86. The molecule has 2 aromatic carbocycles. The number of hydrogen-bond acceptors (Lipinski definition) is 2. The van der Waals surface area contributed by atoms with Crippen molar-refractivity contribution < 1.29 is 9.13 Å². The average molecular weight is 306 g/mol. The van der Waals surface area contributed by atoms with Gasteiger partial charge < -0.3 is 4.74 Å². The third-order valence-electron chi connectivity index (χ3n) is 2.37. The molecule has 0 aliphatic rings. The van der Waals surface area contributed by atoms with Crippen LogP contribution in [0.5, 0.6) is 11.5 Å². The van der Waals surface area contributed by atoms with Gasteiger partial charge in [-0.25, -0.2) is 4.39 Å². The fourth-order valence-electron chi connectivity index (χ4n) is 1.48. The van der Waals surface area contributed by atoms with Crippen LogP contribution in [0, 0.1) is 24.1 Å². The van der Waals surface area contributed by atoms with Crippen LogP contribution in [0.15, 0.2) is 40.9 Å². The second kappa shape index (κ2) is 5.19. The van der Waals surface area contributed by atoms with Gasteiger partial charge in [0.05, 0.1) is 5.56 Å². The molecule has 2 aromatic rings. The minimum absolute atomic E-state index is 0.115. The van der Waals surface area contributed by atoms with Gasteiger partial charge in [0, 0.05) is 4.47 Å². The Balaban J connectivity index is 2.43. The maximum Gasteiger partial charge on any atom is 0.165 e. The van der Waals surface area contributed by atoms with E-state index >= 15 is 0 Å². The van der Waals surface area contributed by atoms with E-state index in [-0.39, 0.29) is 5.75 Å². The molecule has 0 fully saturated rings. The summed E-state index contributed by atoms with van der Waals surface area (Å²) in [5.74, 6) is -0.00885. The van der Waals surface area contributed by atoms with Crippen molar-refractivity contribution >= 4 is 15.9 Å². The van der Waals surface area contributed by atoms with Crippen LogP contribution in [0.25, 0.3) is 0 Å². The normalized spacial score (nSPS) is 9.89. The molecule has 0 unspecified atom stereocenters. The van der Waals surface area contributed by atoms with Crippen molar-refractivity contribution in [2.24, 2.45) is 0 Å². The molecule has 0 amide bonds. The molecule has 0 aliphatic carbocycles. The van der Waals surface area contributed by atoms with E-state index in [1.807, 2.05) is 13.0 Å². The second-order valence-corrected chi connectivity index (χ2v) is 4.70. The first-order valence-electron chi connectivity index (χ1n) is 5.24. The Bertz CT molecular complexity index is 634. The molecule has 0 aliphatic heterocycles. The molecule has 0 atom stereocenters. The summed E-state index contributed by atoms with van der Waals surface area (Å²) < 4.78 is 19.8. The van der Waals surface area contributed by atoms with E-state index in [1.54, 1.807) is 30.3 Å². The number of hydrogen-bond donors (Lipinski definition) is 0. The smallest absolute Gasteiger partial charge is 0.165 e. The zero-order chi connectivity index (χ0) is 13.1. The molecule has 0 radical (unpaired) electrons. The molecule has 0 spiro atoms. The number of rotatable bonds is 2. The minimum Gasteiger partial charge on any atom is -0.453 e. The largest absolute Gasteiger partial charge is 0.453 e. The van der Waals surface area contributed by atoms with Crippen molar-refractivity contribution in [1.82, 2.24) is 0 Å². The molecule has 2 nitrogen and oxygen atoms in total. The van der Waals surface area contributed by atoms with Gasteiger partial charge >= 0.3 is 0 Å². The highest BCUT2D eigenvalue weighted by molar-refractivity contribution is 9.10. The van der Waals surface area contributed by atoms with Crippen LogP contribution in [-0.2, 0) is 0 Å². The minimum atomic E-state index is -0.454. The molecular weight excluding hydrogens is 297 g/mol. The second-order valence-electron chi connectivity index (χ2n) is 3.79. The summed E-state index contributed by atoms with van der Waals surface area (Å²) in [7, 11) is 0. The maximum atomic E-state index is 13.6. The lowest BCUT2D eigenvalue weighted by Gasteiger charge is -2.09. The summed E-state index contributed by atoms with van der Waals surface area (Å²) in [6.45, 7) is 1.85. The Morgan fingerprint density at radius 2 is 1.94 bits per heavy atom. The van der Waals surface area contributed by atoms with Gasteiger partial charge in [0.2, 0.25) is 0 Å². The Morgan fingerprint density at radius 3 is 2.67 bits per heavy atom. The molecule has 0 heterocycles. The van der Waals surface area contributed by atoms with Crippen molar-refractivity contribution in [3.8, 4) is 17.6 Å². The van der Waals surface area contributed by atoms with E-state index in [0.717, 1.165) is 10.0 Å². The van der Waals surface area contributed by atoms with E-state index in [9.17, 15) is 4.39 Å². The van der Waals surface area contributed by atoms with Crippen LogP contribution >= 0.6 is 15.9 Å². The highest BCUT2D eigenvalue weighted by Gasteiger charge is 2.09. The van der Waals surface area contributed by atoms with E-state index in [2.05, 4.69) is 15.9 Å². The summed E-state index contributed by atoms with van der Waals surface area (Å²) >= 11 is 3.29. The number of benzene rings is 2. The SMILES string of the molecule is Cc1ccc(F)c(Oc2cc(Br)ccc2C#N)c1. The van der Waals surface area contributed by atoms with Crippen LogP contribution in [0.4, 0.5) is 4.39 Å². The molecule has 0 saturated heterocycles. The van der Waals surface area contributed by atoms with Gasteiger partial charge in [-0.2, -0.15) is 5.26 Å². The topological polar surface area (TPSA) is 33.0 Å². The van der Waals surface area contributed by atoms with Gasteiger partial charge in [-0.3, -0.25) is 0 Å². The molecule has 18 heavy (non-hydrogen) atoms. The number of nitrogens with zero attached hydrogens (tertiary/aromatic N) is 1. The lowest BCUT2D eigenvalue weighted by atomic mass is 10.2. The van der Waals surface area contributed by atoms with Gasteiger partial charge in [-0.05, 0) is 42.8 Å². The Kier molecular flexibility index (Phi) is 3.63. The highest BCUT2D eigenvalue weighted by Crippen LogP contribution is 2.30. The van der Waals surface area contributed by atoms with Gasteiger partial charge in [-0.15, -0.1) is 0 Å². The quantitative estimate of drug-likeness (QED) is 0.815. The van der Waals surface area contributed by atoms with Gasteiger partial charge in [0.15, 0.2) is 11.6 Å². The zero-order valence-electron chi connectivity index (χ0n) is 9.58. The van der Waals surface area contributed by atoms with Crippen molar-refractivity contribution in [3.63, 3.8) is 0 Å². The molecule has 0 aromatic heterocycles. The van der Waals surface area contributed by atoms with Gasteiger partial charge in [0.25, 0.3) is 0 Å². The molecule has 4 heteroatoms. The standard InChI is InChI=1S/C14H9BrFNO/c1-9-2-5-12(16)14(6-9)18-13-7-11(15)4-3-10(13)8-17/h2-7H,1H3. The van der Waals surface area contributed by atoms with Gasteiger partial charge in [-0.1, -0.05) is 22.0 Å². The van der Waals surface area contributed by atoms with Crippen LogP contribution in [0.2, 0.25) is 0 Å². The molecule has 90 valence electrons. The predicted octanol–water partition coefficient (Wildman–Crippen LogP) is 4.56. The first-order chi connectivity index (χ1) is 8.60. The average Bonchev–Trinajstić information content (AvgIpc) is 2.34. The monoisotopic (exact) mass is 305 g/mol. The predicted molar refractivity (Wildman–Crippen MR) is 70.1 cm³/mol. The summed E-state index contributed by atoms with van der Waals surface area (Å²) in [5, 5.41) is 8.97. The summed E-state index contributed by atoms with van der Waals surface area (Å²) in [6, 6.07) is 11.6. The number of nitriles is 1. The number of aryl methyl sites for hydroxylation is 1. The van der Waals surface area contributed by atoms with Gasteiger partial charge in [0.1, 0.15) is 11.8 Å². The lowest BCUT2D eigenvalue weighted by molar-refractivity contribution is 0.440. The summed E-state index contributed by atoms with van der Waals surface area (Å²) in [6.07, 6.45) is 0. The first-order valence-corrected chi connectivity index (χ1v) is 6.03. The fourth-order valence-corrected chi connectivity index (χ4v) is 1.82. The first kappa shape index (κ1) is 12.6. The third kappa shape index (κ3) is 2.69. The fraction of sp³-hybridized carbons (Fsp3) is 0.0714. The Hall–Kier alpha value is -1.86. The van der Waals surface area contributed by atoms with Crippen molar-refractivity contribution in [1.29, 1.82) is 5.26 Å². The molecule has 2 rings (SSSR count). The van der Waals surface area contributed by atoms with Crippen LogP contribution in [0.1, 0.15) is 11.1 Å². The lowest BCUT2D eigenvalue weighted by Crippen LogP contribution is -1.92. The summed E-state index contributed by atoms with van der Waals surface area (Å²) in [5.41, 5.74) is 1.25. The van der Waals surface area contributed by atoms with E-state index in [0.29, 0.717) is 11.3 Å². The Labute approximate surface area is 113 Å².